The number of aryl methyl sites for hydroxylation is 1. The van der Waals surface area contributed by atoms with Crippen molar-refractivity contribution in [2.75, 3.05) is 64.3 Å². The van der Waals surface area contributed by atoms with Crippen LogP contribution in [-0.4, -0.2) is 111 Å². The lowest BCUT2D eigenvalue weighted by Crippen LogP contribution is -2.53. The minimum absolute atomic E-state index is 0.000679. The molecule has 11 heteroatoms. The summed E-state index contributed by atoms with van der Waals surface area (Å²) in [5, 5.41) is 12.0. The quantitative estimate of drug-likeness (QED) is 0.342. The fraction of sp³-hybridized carbons (Fsp3) is 0.459. The number of rotatable bonds is 6. The zero-order valence-corrected chi connectivity index (χ0v) is 27.9. The predicted molar refractivity (Wildman–Crippen MR) is 185 cm³/mol. The van der Waals surface area contributed by atoms with Crippen LogP contribution in [0.3, 0.4) is 0 Å². The van der Waals surface area contributed by atoms with Crippen molar-refractivity contribution in [3.63, 3.8) is 0 Å². The first-order chi connectivity index (χ1) is 23.2. The number of aliphatic hydroxyl groups is 1. The van der Waals surface area contributed by atoms with Crippen molar-refractivity contribution in [3.05, 3.63) is 94.7 Å². The van der Waals surface area contributed by atoms with E-state index in [9.17, 15) is 19.5 Å². The van der Waals surface area contributed by atoms with Crippen molar-refractivity contribution in [2.45, 2.75) is 37.3 Å². The number of hydrogen-bond acceptors (Lipinski definition) is 7. The molecular formula is C37H45N7O4. The second kappa shape index (κ2) is 13.2. The van der Waals surface area contributed by atoms with Gasteiger partial charge in [0.05, 0.1) is 17.5 Å². The van der Waals surface area contributed by atoms with Gasteiger partial charge in [0.1, 0.15) is 12.0 Å². The highest BCUT2D eigenvalue weighted by molar-refractivity contribution is 5.95. The number of carbonyl (C=O) groups excluding carboxylic acids is 2. The van der Waals surface area contributed by atoms with Crippen LogP contribution in [0, 0.1) is 5.92 Å². The SMILES string of the molecule is CN1CCN(c2cccc(C(=O)N3CC[C@@H](C(=O)N4CCC(O)(Cn5cnc6c(ccn6C)c5=O)CC4)[C@H](c4ccccc4)C3)c2)CC1. The highest BCUT2D eigenvalue weighted by atomic mass is 16.3. The van der Waals surface area contributed by atoms with Crippen molar-refractivity contribution in [2.24, 2.45) is 13.0 Å². The molecule has 3 aliphatic rings. The fourth-order valence-electron chi connectivity index (χ4n) is 7.70. The van der Waals surface area contributed by atoms with E-state index in [0.717, 1.165) is 37.4 Å². The van der Waals surface area contributed by atoms with Crippen molar-refractivity contribution in [1.82, 2.24) is 28.8 Å². The summed E-state index contributed by atoms with van der Waals surface area (Å²) in [6, 6.07) is 19.8. The molecule has 3 aliphatic heterocycles. The minimum atomic E-state index is -1.11. The number of likely N-dealkylation sites (tertiary alicyclic amines) is 2. The summed E-state index contributed by atoms with van der Waals surface area (Å²) < 4.78 is 3.29. The number of amides is 2. The predicted octanol–water partition coefficient (Wildman–Crippen LogP) is 2.79. The second-order valence-corrected chi connectivity index (χ2v) is 13.9. The van der Waals surface area contributed by atoms with Gasteiger partial charge < -0.3 is 29.3 Å². The molecule has 5 heterocycles. The largest absolute Gasteiger partial charge is 0.388 e. The highest BCUT2D eigenvalue weighted by Crippen LogP contribution is 2.36. The highest BCUT2D eigenvalue weighted by Gasteiger charge is 2.41. The van der Waals surface area contributed by atoms with Gasteiger partial charge in [0.25, 0.3) is 11.5 Å². The summed E-state index contributed by atoms with van der Waals surface area (Å²) in [6.07, 6.45) is 4.62. The Kier molecular flexibility index (Phi) is 8.82. The Morgan fingerprint density at radius 1 is 0.896 bits per heavy atom. The van der Waals surface area contributed by atoms with Crippen LogP contribution in [0.15, 0.2) is 78.0 Å². The van der Waals surface area contributed by atoms with E-state index >= 15 is 0 Å². The Morgan fingerprint density at radius 2 is 1.65 bits per heavy atom. The number of piperazine rings is 1. The van der Waals surface area contributed by atoms with E-state index in [1.807, 2.05) is 53.2 Å². The maximum Gasteiger partial charge on any atom is 0.262 e. The molecule has 0 radical (unpaired) electrons. The zero-order chi connectivity index (χ0) is 33.4. The van der Waals surface area contributed by atoms with Crippen LogP contribution in [0.5, 0.6) is 0 Å². The van der Waals surface area contributed by atoms with Crippen LogP contribution >= 0.6 is 0 Å². The van der Waals surface area contributed by atoms with Crippen LogP contribution in [0.4, 0.5) is 5.69 Å². The average Bonchev–Trinajstić information content (AvgIpc) is 3.50. The summed E-state index contributed by atoms with van der Waals surface area (Å²) in [5.74, 6) is -0.342. The first kappa shape index (κ1) is 32.1. The first-order valence-electron chi connectivity index (χ1n) is 17.1. The third kappa shape index (κ3) is 6.36. The van der Waals surface area contributed by atoms with E-state index in [-0.39, 0.29) is 35.8 Å². The molecule has 2 aromatic heterocycles. The van der Waals surface area contributed by atoms with Crippen molar-refractivity contribution >= 4 is 28.5 Å². The Balaban J connectivity index is 1.03. The van der Waals surface area contributed by atoms with Crippen molar-refractivity contribution in [1.29, 1.82) is 0 Å². The summed E-state index contributed by atoms with van der Waals surface area (Å²) in [7, 11) is 3.98. The second-order valence-electron chi connectivity index (χ2n) is 13.9. The smallest absolute Gasteiger partial charge is 0.262 e. The molecule has 0 aliphatic carbocycles. The fourth-order valence-corrected chi connectivity index (χ4v) is 7.70. The summed E-state index contributed by atoms with van der Waals surface area (Å²) >= 11 is 0. The van der Waals surface area contributed by atoms with Gasteiger partial charge in [-0.05, 0) is 56.1 Å². The molecule has 11 nitrogen and oxygen atoms in total. The maximum absolute atomic E-state index is 14.2. The molecule has 2 amide bonds. The number of hydrogen-bond donors (Lipinski definition) is 1. The number of likely N-dealkylation sites (N-methyl/N-ethyl adjacent to an activating group) is 1. The molecule has 4 aromatic rings. The number of aromatic nitrogens is 3. The topological polar surface area (TPSA) is 107 Å². The average molecular weight is 652 g/mol. The standard InChI is InChI=1S/C37H45N7O4/c1-39-19-21-41(22-20-39)29-10-6-9-28(23-29)34(45)43-16-12-30(32(24-43)27-7-4-3-5-8-27)35(46)42-17-13-37(48,14-18-42)25-44-26-38-33-31(36(44)47)11-15-40(33)2/h3-11,15,23,26,30,32,48H,12-14,16-22,24-25H2,1-2H3/t30-,32+/m1/s1. The number of nitrogens with zero attached hydrogens (tertiary/aromatic N) is 7. The maximum atomic E-state index is 14.2. The van der Waals surface area contributed by atoms with E-state index in [1.54, 1.807) is 16.8 Å². The number of carbonyl (C=O) groups is 2. The lowest BCUT2D eigenvalue weighted by Gasteiger charge is -2.43. The first-order valence-corrected chi connectivity index (χ1v) is 17.1. The van der Waals surface area contributed by atoms with E-state index < -0.39 is 5.60 Å². The molecule has 0 bridgehead atoms. The number of fused-ring (bicyclic) bond motifs is 1. The van der Waals surface area contributed by atoms with Crippen molar-refractivity contribution in [3.8, 4) is 0 Å². The molecule has 1 N–H and O–H groups in total. The summed E-state index contributed by atoms with van der Waals surface area (Å²) in [4.78, 5) is 54.0. The van der Waals surface area contributed by atoms with Crippen LogP contribution in [0.25, 0.3) is 11.0 Å². The van der Waals surface area contributed by atoms with E-state index in [1.165, 1.54) is 10.9 Å². The Hall–Kier alpha value is -4.48. The summed E-state index contributed by atoms with van der Waals surface area (Å²) in [6.45, 7) is 5.79. The molecule has 2 aromatic carbocycles. The minimum Gasteiger partial charge on any atom is -0.388 e. The Labute approximate surface area is 281 Å². The summed E-state index contributed by atoms with van der Waals surface area (Å²) in [5.41, 5.74) is 2.13. The molecule has 3 fully saturated rings. The van der Waals surface area contributed by atoms with Gasteiger partial charge in [0.15, 0.2) is 0 Å². The molecule has 2 atom stereocenters. The number of benzene rings is 2. The molecule has 48 heavy (non-hydrogen) atoms. The van der Waals surface area contributed by atoms with E-state index in [2.05, 4.69) is 40.0 Å². The number of piperidine rings is 2. The molecule has 0 saturated carbocycles. The van der Waals surface area contributed by atoms with Gasteiger partial charge in [-0.2, -0.15) is 0 Å². The molecule has 7 rings (SSSR count). The van der Waals surface area contributed by atoms with Gasteiger partial charge in [-0.3, -0.25) is 19.0 Å². The normalized spacial score (nSPS) is 21.9. The third-order valence-electron chi connectivity index (χ3n) is 10.7. The molecule has 252 valence electrons. The van der Waals surface area contributed by atoms with Crippen molar-refractivity contribution < 1.29 is 14.7 Å². The van der Waals surface area contributed by atoms with Crippen LogP contribution in [-0.2, 0) is 18.4 Å². The Bertz CT molecular complexity index is 1840. The van der Waals surface area contributed by atoms with Gasteiger partial charge in [0.2, 0.25) is 5.91 Å². The lowest BCUT2D eigenvalue weighted by atomic mass is 9.79. The van der Waals surface area contributed by atoms with Gasteiger partial charge >= 0.3 is 0 Å². The van der Waals surface area contributed by atoms with Crippen LogP contribution < -0.4 is 10.5 Å². The van der Waals surface area contributed by atoms with E-state index in [0.29, 0.717) is 62.0 Å². The van der Waals surface area contributed by atoms with Gasteiger partial charge in [-0.25, -0.2) is 4.98 Å². The zero-order valence-electron chi connectivity index (χ0n) is 27.9. The van der Waals surface area contributed by atoms with Gasteiger partial charge in [-0.15, -0.1) is 0 Å². The van der Waals surface area contributed by atoms with Gasteiger partial charge in [-0.1, -0.05) is 36.4 Å². The monoisotopic (exact) mass is 651 g/mol. The Morgan fingerprint density at radius 3 is 2.40 bits per heavy atom. The van der Waals surface area contributed by atoms with Crippen LogP contribution in [0.1, 0.15) is 41.1 Å². The van der Waals surface area contributed by atoms with Crippen LogP contribution in [0.2, 0.25) is 0 Å². The lowest BCUT2D eigenvalue weighted by molar-refractivity contribution is -0.142. The van der Waals surface area contributed by atoms with Gasteiger partial charge in [0, 0.05) is 88.7 Å². The third-order valence-corrected chi connectivity index (χ3v) is 10.7. The molecule has 3 saturated heterocycles. The molecule has 0 spiro atoms. The molecule has 0 unspecified atom stereocenters. The van der Waals surface area contributed by atoms with E-state index in [4.69, 9.17) is 0 Å². The number of anilines is 1. The molecular weight excluding hydrogens is 606 g/mol.